The quantitative estimate of drug-likeness (QED) is 0.378. The molecule has 0 saturated heterocycles. The molecule has 0 unspecified atom stereocenters. The van der Waals surface area contributed by atoms with Crippen LogP contribution in [0.4, 0.5) is 4.39 Å². The summed E-state index contributed by atoms with van der Waals surface area (Å²) < 4.78 is 13.5. The lowest BCUT2D eigenvalue weighted by Crippen LogP contribution is -1.96. The average molecular weight is 377 g/mol. The molecule has 5 rings (SSSR count). The Kier molecular flexibility index (Phi) is 4.30. The second-order valence-electron chi connectivity index (χ2n) is 6.74. The summed E-state index contributed by atoms with van der Waals surface area (Å²) in [7, 11) is 0. The molecule has 0 aliphatic heterocycles. The number of nitrogens with zero attached hydrogens (tertiary/aromatic N) is 3. The van der Waals surface area contributed by atoms with E-state index in [0.29, 0.717) is 5.82 Å². The molecular weight excluding hydrogens is 361 g/mol. The van der Waals surface area contributed by atoms with Gasteiger partial charge in [-0.05, 0) is 48.0 Å². The lowest BCUT2D eigenvalue weighted by molar-refractivity contribution is 0.628. The van der Waals surface area contributed by atoms with Crippen LogP contribution in [-0.2, 0) is 0 Å². The lowest BCUT2D eigenvalue weighted by Gasteiger charge is -2.11. The van der Waals surface area contributed by atoms with Gasteiger partial charge in [-0.2, -0.15) is 0 Å². The van der Waals surface area contributed by atoms with Crippen molar-refractivity contribution in [2.75, 3.05) is 0 Å². The Labute approximate surface area is 167 Å². The van der Waals surface area contributed by atoms with Crippen molar-refractivity contribution in [1.82, 2.24) is 15.0 Å². The number of halogens is 1. The largest absolute Gasteiger partial charge is 0.264 e. The van der Waals surface area contributed by atoms with E-state index in [1.807, 2.05) is 60.8 Å². The Morgan fingerprint density at radius 2 is 1.38 bits per heavy atom. The standard InChI is InChI=1S/C25H16FN3/c26-21-11-8-17(9-12-21)24-22-15-19(20-7-4-14-27-16-20)10-13-23(22)28-25(29-24)18-5-2-1-3-6-18/h1-16H. The van der Waals surface area contributed by atoms with Crippen molar-refractivity contribution in [3.05, 3.63) is 103 Å². The maximum absolute atomic E-state index is 13.5. The molecule has 5 aromatic rings. The highest BCUT2D eigenvalue weighted by Crippen LogP contribution is 2.32. The third kappa shape index (κ3) is 3.36. The second kappa shape index (κ2) is 7.24. The lowest BCUT2D eigenvalue weighted by atomic mass is 10.0. The summed E-state index contributed by atoms with van der Waals surface area (Å²) in [4.78, 5) is 13.9. The van der Waals surface area contributed by atoms with Crippen LogP contribution in [0.25, 0.3) is 44.7 Å². The van der Waals surface area contributed by atoms with Crippen LogP contribution in [0.3, 0.4) is 0 Å². The first-order valence-electron chi connectivity index (χ1n) is 9.31. The van der Waals surface area contributed by atoms with Crippen LogP contribution >= 0.6 is 0 Å². The van der Waals surface area contributed by atoms with Gasteiger partial charge >= 0.3 is 0 Å². The molecule has 0 aliphatic rings. The number of benzene rings is 3. The van der Waals surface area contributed by atoms with Crippen molar-refractivity contribution in [2.24, 2.45) is 0 Å². The van der Waals surface area contributed by atoms with Crippen LogP contribution in [0.2, 0.25) is 0 Å². The molecule has 0 fully saturated rings. The van der Waals surface area contributed by atoms with Gasteiger partial charge < -0.3 is 0 Å². The van der Waals surface area contributed by atoms with E-state index in [0.717, 1.165) is 38.9 Å². The first kappa shape index (κ1) is 17.2. The van der Waals surface area contributed by atoms with Gasteiger partial charge in [-0.3, -0.25) is 4.98 Å². The first-order chi connectivity index (χ1) is 14.3. The van der Waals surface area contributed by atoms with E-state index in [1.165, 1.54) is 12.1 Å². The van der Waals surface area contributed by atoms with Crippen LogP contribution in [-0.4, -0.2) is 15.0 Å². The van der Waals surface area contributed by atoms with Crippen LogP contribution in [0.5, 0.6) is 0 Å². The maximum atomic E-state index is 13.5. The third-order valence-corrected chi connectivity index (χ3v) is 4.84. The highest BCUT2D eigenvalue weighted by molar-refractivity contribution is 5.96. The smallest absolute Gasteiger partial charge is 0.160 e. The number of hydrogen-bond donors (Lipinski definition) is 0. The summed E-state index contributed by atoms with van der Waals surface area (Å²) in [6.07, 6.45) is 3.58. The zero-order valence-electron chi connectivity index (χ0n) is 15.5. The normalized spacial score (nSPS) is 10.9. The molecule has 4 heteroatoms. The van der Waals surface area contributed by atoms with Gasteiger partial charge in [0.25, 0.3) is 0 Å². The first-order valence-corrected chi connectivity index (χ1v) is 9.31. The fourth-order valence-electron chi connectivity index (χ4n) is 3.39. The van der Waals surface area contributed by atoms with E-state index in [4.69, 9.17) is 9.97 Å². The van der Waals surface area contributed by atoms with Crippen LogP contribution in [0, 0.1) is 5.82 Å². The van der Waals surface area contributed by atoms with Crippen molar-refractivity contribution >= 4 is 10.9 Å². The van der Waals surface area contributed by atoms with Crippen molar-refractivity contribution < 1.29 is 4.39 Å². The van der Waals surface area contributed by atoms with E-state index in [9.17, 15) is 4.39 Å². The Bertz CT molecular complexity index is 1280. The van der Waals surface area contributed by atoms with Gasteiger partial charge in [-0.1, -0.05) is 42.5 Å². The second-order valence-corrected chi connectivity index (χ2v) is 6.74. The van der Waals surface area contributed by atoms with Gasteiger partial charge in [-0.25, -0.2) is 14.4 Å². The van der Waals surface area contributed by atoms with Crippen LogP contribution in [0.15, 0.2) is 97.3 Å². The van der Waals surface area contributed by atoms with E-state index in [1.54, 1.807) is 18.3 Å². The van der Waals surface area contributed by atoms with Crippen molar-refractivity contribution in [3.8, 4) is 33.8 Å². The monoisotopic (exact) mass is 377 g/mol. The maximum Gasteiger partial charge on any atom is 0.160 e. The predicted octanol–water partition coefficient (Wildman–Crippen LogP) is 6.16. The fourth-order valence-corrected chi connectivity index (χ4v) is 3.39. The van der Waals surface area contributed by atoms with Crippen LogP contribution in [0.1, 0.15) is 0 Å². The molecule has 0 spiro atoms. The molecule has 0 radical (unpaired) electrons. The highest BCUT2D eigenvalue weighted by atomic mass is 19.1. The molecule has 0 aliphatic carbocycles. The van der Waals surface area contributed by atoms with Crippen molar-refractivity contribution in [3.63, 3.8) is 0 Å². The average Bonchev–Trinajstić information content (AvgIpc) is 2.80. The molecule has 138 valence electrons. The minimum atomic E-state index is -0.272. The van der Waals surface area contributed by atoms with E-state index in [-0.39, 0.29) is 5.82 Å². The number of aromatic nitrogens is 3. The van der Waals surface area contributed by atoms with Gasteiger partial charge in [0.05, 0.1) is 11.2 Å². The van der Waals surface area contributed by atoms with Gasteiger partial charge in [0, 0.05) is 34.5 Å². The summed E-state index contributed by atoms with van der Waals surface area (Å²) >= 11 is 0. The van der Waals surface area contributed by atoms with Crippen molar-refractivity contribution in [1.29, 1.82) is 0 Å². The molecule has 0 bridgehead atoms. The Hall–Kier alpha value is -3.92. The summed E-state index contributed by atoms with van der Waals surface area (Å²) in [6.45, 7) is 0. The predicted molar refractivity (Wildman–Crippen MR) is 114 cm³/mol. The number of hydrogen-bond acceptors (Lipinski definition) is 3. The molecule has 2 aromatic heterocycles. The van der Waals surface area contributed by atoms with E-state index >= 15 is 0 Å². The number of rotatable bonds is 3. The van der Waals surface area contributed by atoms with Gasteiger partial charge in [0.2, 0.25) is 0 Å². The Morgan fingerprint density at radius 3 is 2.14 bits per heavy atom. The topological polar surface area (TPSA) is 38.7 Å². The summed E-state index contributed by atoms with van der Waals surface area (Å²) in [5.41, 5.74) is 5.45. The molecule has 3 aromatic carbocycles. The molecular formula is C25H16FN3. The molecule has 0 atom stereocenters. The van der Waals surface area contributed by atoms with Crippen LogP contribution < -0.4 is 0 Å². The van der Waals surface area contributed by atoms with Gasteiger partial charge in [0.15, 0.2) is 5.82 Å². The third-order valence-electron chi connectivity index (χ3n) is 4.84. The van der Waals surface area contributed by atoms with Crippen molar-refractivity contribution in [2.45, 2.75) is 0 Å². The van der Waals surface area contributed by atoms with Gasteiger partial charge in [0.1, 0.15) is 5.82 Å². The number of pyridine rings is 1. The molecule has 0 saturated carbocycles. The van der Waals surface area contributed by atoms with E-state index < -0.39 is 0 Å². The molecule has 0 N–H and O–H groups in total. The Balaban J connectivity index is 1.77. The summed E-state index contributed by atoms with van der Waals surface area (Å²) in [6, 6.07) is 26.3. The Morgan fingerprint density at radius 1 is 0.621 bits per heavy atom. The fraction of sp³-hybridized carbons (Fsp3) is 0. The molecule has 0 amide bonds. The number of fused-ring (bicyclic) bond motifs is 1. The summed E-state index contributed by atoms with van der Waals surface area (Å²) in [5.74, 6) is 0.373. The molecule has 2 heterocycles. The minimum absolute atomic E-state index is 0.272. The summed E-state index contributed by atoms with van der Waals surface area (Å²) in [5, 5.41) is 0.914. The molecule has 3 nitrogen and oxygen atoms in total. The molecule has 29 heavy (non-hydrogen) atoms. The zero-order chi connectivity index (χ0) is 19.6. The van der Waals surface area contributed by atoms with E-state index in [2.05, 4.69) is 11.1 Å². The van der Waals surface area contributed by atoms with Gasteiger partial charge in [-0.15, -0.1) is 0 Å². The zero-order valence-corrected chi connectivity index (χ0v) is 15.5. The SMILES string of the molecule is Fc1ccc(-c2nc(-c3ccccc3)nc3ccc(-c4cccnc4)cc23)cc1. The minimum Gasteiger partial charge on any atom is -0.264 e. The highest BCUT2D eigenvalue weighted by Gasteiger charge is 2.13.